The second-order valence-corrected chi connectivity index (χ2v) is 3.70. The van der Waals surface area contributed by atoms with E-state index in [-0.39, 0.29) is 6.42 Å². The maximum atomic E-state index is 11.8. The number of terminal acetylenes is 1. The predicted octanol–water partition coefficient (Wildman–Crippen LogP) is 0.279. The van der Waals surface area contributed by atoms with Crippen LogP contribution in [0.2, 0.25) is 0 Å². The molecule has 0 bridgehead atoms. The minimum absolute atomic E-state index is 0.0808. The molecule has 0 saturated carbocycles. The lowest BCUT2D eigenvalue weighted by Gasteiger charge is -2.16. The number of hydrogen-bond acceptors (Lipinski definition) is 3. The molecule has 0 radical (unpaired) electrons. The summed E-state index contributed by atoms with van der Waals surface area (Å²) >= 11 is 0. The van der Waals surface area contributed by atoms with Crippen LogP contribution in [0.4, 0.5) is 0 Å². The summed E-state index contributed by atoms with van der Waals surface area (Å²) in [6, 6.07) is 6.66. The van der Waals surface area contributed by atoms with E-state index in [1.807, 2.05) is 0 Å². The van der Waals surface area contributed by atoms with E-state index < -0.39 is 24.0 Å². The number of hydrogen-bond donors (Lipinski definition) is 3. The first-order chi connectivity index (χ1) is 8.56. The molecule has 1 amide bonds. The van der Waals surface area contributed by atoms with Crippen molar-refractivity contribution in [3.63, 3.8) is 0 Å². The summed E-state index contributed by atoms with van der Waals surface area (Å²) in [4.78, 5) is 22.6. The minimum atomic E-state index is -1.18. The molecule has 5 heteroatoms. The average Bonchev–Trinajstić information content (AvgIpc) is 2.38. The molecule has 0 fully saturated rings. The molecule has 18 heavy (non-hydrogen) atoms. The van der Waals surface area contributed by atoms with Crippen LogP contribution in [0.25, 0.3) is 0 Å². The summed E-state index contributed by atoms with van der Waals surface area (Å²) in [6.07, 6.45) is 4.95. The number of carboxylic acid groups (broad SMARTS) is 1. The van der Waals surface area contributed by atoms with Gasteiger partial charge in [0.15, 0.2) is 0 Å². The van der Waals surface area contributed by atoms with Gasteiger partial charge in [0.2, 0.25) is 5.91 Å². The van der Waals surface area contributed by atoms with Crippen LogP contribution in [0.15, 0.2) is 30.3 Å². The standard InChI is InChI=1S/C13H14N2O3/c1-2-6-10(13(17)18)15-12(16)11(14)9-7-4-3-5-8-9/h1,3-5,7-8,10-11H,6,14H2,(H,15,16)(H,17,18)/t10?,11-/m1/s1. The number of benzene rings is 1. The highest BCUT2D eigenvalue weighted by Gasteiger charge is 2.23. The Morgan fingerprint density at radius 3 is 2.50 bits per heavy atom. The van der Waals surface area contributed by atoms with Crippen LogP contribution in [-0.2, 0) is 9.59 Å². The molecular weight excluding hydrogens is 232 g/mol. The molecule has 1 rings (SSSR count). The first kappa shape index (κ1) is 13.7. The number of rotatable bonds is 5. The van der Waals surface area contributed by atoms with Gasteiger partial charge in [-0.3, -0.25) is 4.79 Å². The second-order valence-electron chi connectivity index (χ2n) is 3.70. The van der Waals surface area contributed by atoms with E-state index in [1.165, 1.54) is 0 Å². The molecule has 0 saturated heterocycles. The summed E-state index contributed by atoms with van der Waals surface area (Å²) in [5, 5.41) is 11.2. The molecule has 0 aliphatic carbocycles. The van der Waals surface area contributed by atoms with Gasteiger partial charge < -0.3 is 16.2 Å². The molecule has 94 valence electrons. The van der Waals surface area contributed by atoms with Crippen LogP contribution in [0.5, 0.6) is 0 Å². The number of nitrogens with one attached hydrogen (secondary N) is 1. The van der Waals surface area contributed by atoms with E-state index in [9.17, 15) is 9.59 Å². The first-order valence-electron chi connectivity index (χ1n) is 5.33. The highest BCUT2D eigenvalue weighted by molar-refractivity contribution is 5.87. The number of nitrogens with two attached hydrogens (primary N) is 1. The molecule has 2 atom stereocenters. The summed E-state index contributed by atoms with van der Waals surface area (Å²) in [6.45, 7) is 0. The van der Waals surface area contributed by atoms with Crippen molar-refractivity contribution < 1.29 is 14.7 Å². The molecule has 1 aromatic carbocycles. The number of carbonyl (C=O) groups excluding carboxylic acids is 1. The molecule has 0 heterocycles. The van der Waals surface area contributed by atoms with Crippen LogP contribution in [0, 0.1) is 12.3 Å². The zero-order valence-corrected chi connectivity index (χ0v) is 9.67. The van der Waals surface area contributed by atoms with Gasteiger partial charge in [-0.25, -0.2) is 4.79 Å². The average molecular weight is 246 g/mol. The highest BCUT2D eigenvalue weighted by Crippen LogP contribution is 2.09. The van der Waals surface area contributed by atoms with Crippen molar-refractivity contribution in [3.8, 4) is 12.3 Å². The van der Waals surface area contributed by atoms with E-state index >= 15 is 0 Å². The Bertz CT molecular complexity index is 465. The van der Waals surface area contributed by atoms with Gasteiger partial charge in [0.05, 0.1) is 0 Å². The number of carbonyl (C=O) groups is 2. The Hall–Kier alpha value is -2.32. The monoisotopic (exact) mass is 246 g/mol. The fourth-order valence-electron chi connectivity index (χ4n) is 1.39. The van der Waals surface area contributed by atoms with Crippen molar-refractivity contribution in [2.75, 3.05) is 0 Å². The zero-order valence-electron chi connectivity index (χ0n) is 9.67. The van der Waals surface area contributed by atoms with Gasteiger partial charge in [-0.15, -0.1) is 12.3 Å². The quantitative estimate of drug-likeness (QED) is 0.651. The molecular formula is C13H14N2O3. The van der Waals surface area contributed by atoms with Crippen molar-refractivity contribution >= 4 is 11.9 Å². The Kier molecular flexibility index (Phi) is 4.90. The SMILES string of the molecule is C#CCC(NC(=O)[C@H](N)c1ccccc1)C(=O)O. The predicted molar refractivity (Wildman–Crippen MR) is 66.4 cm³/mol. The maximum absolute atomic E-state index is 11.8. The van der Waals surface area contributed by atoms with Crippen LogP contribution in [0.3, 0.4) is 0 Å². The van der Waals surface area contributed by atoms with Gasteiger partial charge in [-0.05, 0) is 5.56 Å². The third-order valence-corrected chi connectivity index (χ3v) is 2.38. The third kappa shape index (κ3) is 3.61. The summed E-state index contributed by atoms with van der Waals surface area (Å²) in [5.74, 6) is 0.452. The first-order valence-corrected chi connectivity index (χ1v) is 5.33. The van der Waals surface area contributed by atoms with Gasteiger partial charge in [-0.1, -0.05) is 30.3 Å². The van der Waals surface area contributed by atoms with Crippen LogP contribution < -0.4 is 11.1 Å². The zero-order chi connectivity index (χ0) is 13.5. The van der Waals surface area contributed by atoms with Gasteiger partial charge >= 0.3 is 5.97 Å². The lowest BCUT2D eigenvalue weighted by Crippen LogP contribution is -2.44. The van der Waals surface area contributed by atoms with Crippen molar-refractivity contribution in [1.82, 2.24) is 5.32 Å². The normalized spacial score (nSPS) is 13.1. The fraction of sp³-hybridized carbons (Fsp3) is 0.231. The minimum Gasteiger partial charge on any atom is -0.480 e. The third-order valence-electron chi connectivity index (χ3n) is 2.38. The van der Waals surface area contributed by atoms with E-state index in [0.29, 0.717) is 5.56 Å². The summed E-state index contributed by atoms with van der Waals surface area (Å²) < 4.78 is 0. The summed E-state index contributed by atoms with van der Waals surface area (Å²) in [7, 11) is 0. The Morgan fingerprint density at radius 2 is 2.00 bits per heavy atom. The van der Waals surface area contributed by atoms with Crippen molar-refractivity contribution in [2.45, 2.75) is 18.5 Å². The molecule has 0 aromatic heterocycles. The van der Waals surface area contributed by atoms with Crippen molar-refractivity contribution in [1.29, 1.82) is 0 Å². The van der Waals surface area contributed by atoms with Gasteiger partial charge in [0, 0.05) is 6.42 Å². The largest absolute Gasteiger partial charge is 0.480 e. The maximum Gasteiger partial charge on any atom is 0.327 e. The number of aliphatic carboxylic acids is 1. The lowest BCUT2D eigenvalue weighted by atomic mass is 10.1. The van der Waals surface area contributed by atoms with E-state index in [0.717, 1.165) is 0 Å². The Balaban J connectivity index is 2.70. The Labute approximate surface area is 105 Å². The van der Waals surface area contributed by atoms with Gasteiger partial charge in [0.1, 0.15) is 12.1 Å². The summed E-state index contributed by atoms with van der Waals surface area (Å²) in [5.41, 5.74) is 6.34. The fourth-order valence-corrected chi connectivity index (χ4v) is 1.39. The molecule has 1 unspecified atom stereocenters. The second kappa shape index (κ2) is 6.42. The van der Waals surface area contributed by atoms with Gasteiger partial charge in [-0.2, -0.15) is 0 Å². The molecule has 0 aliphatic heterocycles. The topological polar surface area (TPSA) is 92.4 Å². The lowest BCUT2D eigenvalue weighted by molar-refractivity contribution is -0.141. The number of carboxylic acids is 1. The van der Waals surface area contributed by atoms with E-state index in [2.05, 4.69) is 11.2 Å². The molecule has 0 spiro atoms. The van der Waals surface area contributed by atoms with Crippen LogP contribution in [0.1, 0.15) is 18.0 Å². The molecule has 4 N–H and O–H groups in total. The molecule has 5 nitrogen and oxygen atoms in total. The highest BCUT2D eigenvalue weighted by atomic mass is 16.4. The van der Waals surface area contributed by atoms with Gasteiger partial charge in [0.25, 0.3) is 0 Å². The smallest absolute Gasteiger partial charge is 0.327 e. The Morgan fingerprint density at radius 1 is 1.39 bits per heavy atom. The van der Waals surface area contributed by atoms with E-state index in [4.69, 9.17) is 17.3 Å². The van der Waals surface area contributed by atoms with Crippen LogP contribution >= 0.6 is 0 Å². The van der Waals surface area contributed by atoms with E-state index in [1.54, 1.807) is 30.3 Å². The van der Waals surface area contributed by atoms with Crippen molar-refractivity contribution in [3.05, 3.63) is 35.9 Å². The van der Waals surface area contributed by atoms with Crippen LogP contribution in [-0.4, -0.2) is 23.0 Å². The molecule has 1 aromatic rings. The molecule has 0 aliphatic rings. The number of amides is 1. The van der Waals surface area contributed by atoms with Crippen molar-refractivity contribution in [2.24, 2.45) is 5.73 Å².